The molecule has 0 saturated carbocycles. The molecule has 6 heteroatoms. The maximum Gasteiger partial charge on any atom is 0.148 e. The van der Waals surface area contributed by atoms with E-state index >= 15 is 0 Å². The summed E-state index contributed by atoms with van der Waals surface area (Å²) in [7, 11) is 0. The fraction of sp³-hybridized carbons (Fsp3) is 0.222. The van der Waals surface area contributed by atoms with Crippen LogP contribution in [0.2, 0.25) is 0 Å². The molecule has 1 aliphatic heterocycles. The Bertz CT molecular complexity index is 1370. The molecule has 3 heterocycles. The van der Waals surface area contributed by atoms with E-state index in [9.17, 15) is 0 Å². The molecule has 33 heavy (non-hydrogen) atoms. The van der Waals surface area contributed by atoms with Gasteiger partial charge in [0.05, 0.1) is 22.4 Å². The lowest BCUT2D eigenvalue weighted by molar-refractivity contribution is 0.252. The Morgan fingerprint density at radius 2 is 1.42 bits per heavy atom. The lowest BCUT2D eigenvalue weighted by atomic mass is 9.90. The van der Waals surface area contributed by atoms with Crippen LogP contribution in [0, 0.1) is 20.8 Å². The summed E-state index contributed by atoms with van der Waals surface area (Å²) >= 11 is 0. The predicted octanol–water partition coefficient (Wildman–Crippen LogP) is 5.74. The summed E-state index contributed by atoms with van der Waals surface area (Å²) < 4.78 is 2.03. The van der Waals surface area contributed by atoms with Crippen molar-refractivity contribution in [2.45, 2.75) is 40.2 Å². The van der Waals surface area contributed by atoms with Gasteiger partial charge in [0.15, 0.2) is 0 Å². The quantitative estimate of drug-likeness (QED) is 0.408. The highest BCUT2D eigenvalue weighted by Crippen LogP contribution is 2.36. The van der Waals surface area contributed by atoms with Gasteiger partial charge in [-0.05, 0) is 58.9 Å². The lowest BCUT2D eigenvalue weighted by Gasteiger charge is -2.38. The molecule has 166 valence electrons. The number of aromatic nitrogens is 4. The summed E-state index contributed by atoms with van der Waals surface area (Å²) in [5.74, 6) is 1.64. The van der Waals surface area contributed by atoms with E-state index < -0.39 is 0 Å². The first-order chi connectivity index (χ1) is 15.9. The number of para-hydroxylation sites is 2. The normalized spacial score (nSPS) is 13.8. The van der Waals surface area contributed by atoms with Gasteiger partial charge in [0.1, 0.15) is 11.6 Å². The van der Waals surface area contributed by atoms with Crippen LogP contribution in [0.3, 0.4) is 0 Å². The van der Waals surface area contributed by atoms with E-state index in [-0.39, 0.29) is 5.54 Å². The number of nitrogens with zero attached hydrogens (tertiary/aromatic N) is 6. The molecule has 1 aliphatic rings. The van der Waals surface area contributed by atoms with Gasteiger partial charge in [0, 0.05) is 41.4 Å². The predicted molar refractivity (Wildman–Crippen MR) is 133 cm³/mol. The van der Waals surface area contributed by atoms with Crippen molar-refractivity contribution in [3.05, 3.63) is 102 Å². The Labute approximate surface area is 194 Å². The van der Waals surface area contributed by atoms with E-state index in [1.807, 2.05) is 48.0 Å². The second-order valence-electron chi connectivity index (χ2n) is 8.87. The first-order valence-corrected chi connectivity index (χ1v) is 11.1. The highest BCUT2D eigenvalue weighted by molar-refractivity contribution is 5.90. The lowest BCUT2D eigenvalue weighted by Crippen LogP contribution is -2.37. The molecule has 0 amide bonds. The van der Waals surface area contributed by atoms with Crippen LogP contribution in [-0.4, -0.2) is 24.6 Å². The van der Waals surface area contributed by atoms with Crippen LogP contribution >= 0.6 is 0 Å². The SMILES string of the molecule is Cc1nc(N2C=CN(C(C)(C)c3c(C)nn(-c4ccccc4)c3C)C=C2)c2ccccc2n1. The highest BCUT2D eigenvalue weighted by atomic mass is 15.3. The third-order valence-electron chi connectivity index (χ3n) is 6.26. The van der Waals surface area contributed by atoms with Gasteiger partial charge >= 0.3 is 0 Å². The van der Waals surface area contributed by atoms with E-state index in [0.717, 1.165) is 39.6 Å². The first-order valence-electron chi connectivity index (χ1n) is 11.1. The second-order valence-corrected chi connectivity index (χ2v) is 8.87. The summed E-state index contributed by atoms with van der Waals surface area (Å²) in [6.45, 7) is 10.6. The van der Waals surface area contributed by atoms with Gasteiger partial charge in [-0.25, -0.2) is 14.6 Å². The molecule has 5 rings (SSSR count). The standard InChI is InChI=1S/C27H28N6/c1-19-25(20(2)33(30-19)22-11-7-6-8-12-22)27(4,5)32-17-15-31(16-18-32)26-23-13-9-10-14-24(23)28-21(3)29-26/h6-18H,1-5H3. The fourth-order valence-corrected chi connectivity index (χ4v) is 4.75. The molecule has 4 aromatic rings. The minimum atomic E-state index is -0.288. The largest absolute Gasteiger partial charge is 0.342 e. The van der Waals surface area contributed by atoms with Crippen LogP contribution in [0.25, 0.3) is 16.6 Å². The summed E-state index contributed by atoms with van der Waals surface area (Å²) in [6.07, 6.45) is 8.32. The molecular weight excluding hydrogens is 408 g/mol. The zero-order chi connectivity index (χ0) is 23.2. The van der Waals surface area contributed by atoms with Gasteiger partial charge in [-0.1, -0.05) is 30.3 Å². The zero-order valence-corrected chi connectivity index (χ0v) is 19.7. The van der Waals surface area contributed by atoms with Crippen LogP contribution < -0.4 is 4.90 Å². The van der Waals surface area contributed by atoms with Crippen molar-refractivity contribution in [1.29, 1.82) is 0 Å². The molecule has 2 aromatic heterocycles. The molecule has 0 N–H and O–H groups in total. The van der Waals surface area contributed by atoms with E-state index in [2.05, 4.69) is 85.5 Å². The monoisotopic (exact) mass is 436 g/mol. The Morgan fingerprint density at radius 3 is 2.15 bits per heavy atom. The van der Waals surface area contributed by atoms with Crippen LogP contribution in [-0.2, 0) is 5.54 Å². The smallest absolute Gasteiger partial charge is 0.148 e. The molecule has 0 aliphatic carbocycles. The van der Waals surface area contributed by atoms with Crippen LogP contribution in [0.1, 0.15) is 36.6 Å². The Morgan fingerprint density at radius 1 is 0.758 bits per heavy atom. The van der Waals surface area contributed by atoms with E-state index in [4.69, 9.17) is 10.1 Å². The van der Waals surface area contributed by atoms with Gasteiger partial charge in [-0.2, -0.15) is 5.10 Å². The highest BCUT2D eigenvalue weighted by Gasteiger charge is 2.33. The van der Waals surface area contributed by atoms with Crippen molar-refractivity contribution in [2.75, 3.05) is 4.90 Å². The summed E-state index contributed by atoms with van der Waals surface area (Å²) in [5.41, 5.74) is 5.13. The van der Waals surface area contributed by atoms with Crippen molar-refractivity contribution in [3.8, 4) is 5.69 Å². The average molecular weight is 437 g/mol. The third-order valence-corrected chi connectivity index (χ3v) is 6.26. The Hall–Kier alpha value is -3.93. The number of benzene rings is 2. The van der Waals surface area contributed by atoms with Crippen molar-refractivity contribution in [1.82, 2.24) is 24.6 Å². The van der Waals surface area contributed by atoms with Crippen molar-refractivity contribution in [2.24, 2.45) is 0 Å². The van der Waals surface area contributed by atoms with Crippen LogP contribution in [0.4, 0.5) is 5.82 Å². The minimum Gasteiger partial charge on any atom is -0.342 e. The fourth-order valence-electron chi connectivity index (χ4n) is 4.75. The molecule has 0 fully saturated rings. The summed E-state index contributed by atoms with van der Waals surface area (Å²) in [5, 5.41) is 5.89. The average Bonchev–Trinajstić information content (AvgIpc) is 3.13. The van der Waals surface area contributed by atoms with Crippen molar-refractivity contribution < 1.29 is 0 Å². The number of hydrogen-bond donors (Lipinski definition) is 0. The molecule has 0 bridgehead atoms. The zero-order valence-electron chi connectivity index (χ0n) is 19.7. The van der Waals surface area contributed by atoms with E-state index in [1.54, 1.807) is 0 Å². The molecule has 6 nitrogen and oxygen atoms in total. The van der Waals surface area contributed by atoms with Crippen LogP contribution in [0.5, 0.6) is 0 Å². The molecule has 0 atom stereocenters. The van der Waals surface area contributed by atoms with Crippen LogP contribution in [0.15, 0.2) is 79.4 Å². The second kappa shape index (κ2) is 7.89. The number of hydrogen-bond acceptors (Lipinski definition) is 5. The molecule has 2 aromatic carbocycles. The van der Waals surface area contributed by atoms with Gasteiger partial charge < -0.3 is 9.80 Å². The number of aryl methyl sites for hydroxylation is 2. The molecule has 0 saturated heterocycles. The molecule has 0 spiro atoms. The number of fused-ring (bicyclic) bond motifs is 1. The Balaban J connectivity index is 1.48. The topological polar surface area (TPSA) is 50.1 Å². The van der Waals surface area contributed by atoms with E-state index in [0.29, 0.717) is 0 Å². The third kappa shape index (κ3) is 3.57. The first kappa shape index (κ1) is 20.9. The van der Waals surface area contributed by atoms with Gasteiger partial charge in [-0.15, -0.1) is 0 Å². The maximum absolute atomic E-state index is 4.86. The summed E-state index contributed by atoms with van der Waals surface area (Å²) in [6, 6.07) is 18.4. The number of rotatable bonds is 4. The minimum absolute atomic E-state index is 0.288. The molecule has 0 radical (unpaired) electrons. The van der Waals surface area contributed by atoms with Gasteiger partial charge in [-0.3, -0.25) is 0 Å². The van der Waals surface area contributed by atoms with Gasteiger partial charge in [0.2, 0.25) is 0 Å². The summed E-state index contributed by atoms with van der Waals surface area (Å²) in [4.78, 5) is 13.6. The van der Waals surface area contributed by atoms with Crippen molar-refractivity contribution in [3.63, 3.8) is 0 Å². The molecule has 0 unspecified atom stereocenters. The molecular formula is C27H28N6. The number of anilines is 1. The van der Waals surface area contributed by atoms with Crippen molar-refractivity contribution >= 4 is 16.7 Å². The maximum atomic E-state index is 4.86. The Kier molecular flexibility index (Phi) is 5.01. The van der Waals surface area contributed by atoms with Gasteiger partial charge in [0.25, 0.3) is 0 Å². The van der Waals surface area contributed by atoms with E-state index in [1.165, 1.54) is 5.56 Å².